The molecule has 0 radical (unpaired) electrons. The van der Waals surface area contributed by atoms with Gasteiger partial charge in [-0.3, -0.25) is 0 Å². The molecule has 1 aliphatic rings. The summed E-state index contributed by atoms with van der Waals surface area (Å²) in [5, 5.41) is -0.246. The lowest BCUT2D eigenvalue weighted by Gasteiger charge is -2.23. The van der Waals surface area contributed by atoms with E-state index < -0.39 is 0 Å². The number of rotatable bonds is 4. The number of halogens is 2. The molecule has 1 aromatic heterocycles. The predicted molar refractivity (Wildman–Crippen MR) is 82.2 cm³/mol. The number of alkyl halides is 1. The molecule has 1 aromatic carbocycles. The highest BCUT2D eigenvalue weighted by Gasteiger charge is 2.19. The molecule has 0 saturated carbocycles. The lowest BCUT2D eigenvalue weighted by atomic mass is 10.1. The summed E-state index contributed by atoms with van der Waals surface area (Å²) in [5.74, 6) is 0.436. The molecule has 3 nitrogen and oxygen atoms in total. The minimum Gasteiger partial charge on any atom is -0.378 e. The lowest BCUT2D eigenvalue weighted by Crippen LogP contribution is -2.21. The van der Waals surface area contributed by atoms with E-state index in [1.807, 2.05) is 17.6 Å². The van der Waals surface area contributed by atoms with Gasteiger partial charge >= 0.3 is 0 Å². The van der Waals surface area contributed by atoms with Gasteiger partial charge in [0.15, 0.2) is 5.82 Å². The topological polar surface area (TPSA) is 27.1 Å². The van der Waals surface area contributed by atoms with Crippen molar-refractivity contribution < 1.29 is 9.13 Å². The molecule has 5 heteroatoms. The van der Waals surface area contributed by atoms with Crippen LogP contribution < -0.4 is 0 Å². The molecule has 114 valence electrons. The Bertz CT molecular complexity index is 620. The Balaban J connectivity index is 1.88. The monoisotopic (exact) mass is 310 g/mol. The first-order valence-electron chi connectivity index (χ1n) is 7.57. The van der Waals surface area contributed by atoms with Crippen LogP contribution in [0, 0.1) is 5.82 Å². The van der Waals surface area contributed by atoms with Crippen molar-refractivity contribution in [2.24, 2.45) is 0 Å². The first kappa shape index (κ1) is 14.8. The summed E-state index contributed by atoms with van der Waals surface area (Å²) in [5.41, 5.74) is 1.22. The molecular weight excluding hydrogens is 291 g/mol. The third-order valence-corrected chi connectivity index (χ3v) is 4.26. The molecule has 2 atom stereocenters. The van der Waals surface area contributed by atoms with E-state index in [1.165, 1.54) is 12.5 Å². The molecule has 1 aliphatic heterocycles. The largest absolute Gasteiger partial charge is 0.378 e. The zero-order valence-electron chi connectivity index (χ0n) is 12.2. The molecule has 0 N–H and O–H groups in total. The summed E-state index contributed by atoms with van der Waals surface area (Å²) in [7, 11) is 0. The number of fused-ring (bicyclic) bond motifs is 1. The maximum Gasteiger partial charge on any atom is 0.151 e. The third-order valence-electron chi connectivity index (χ3n) is 4.06. The van der Waals surface area contributed by atoms with Crippen LogP contribution in [0.1, 0.15) is 43.8 Å². The Morgan fingerprint density at radius 3 is 3.05 bits per heavy atom. The molecule has 3 rings (SSSR count). The Morgan fingerprint density at radius 1 is 1.48 bits per heavy atom. The van der Waals surface area contributed by atoms with Crippen LogP contribution in [0.25, 0.3) is 11.0 Å². The Kier molecular flexibility index (Phi) is 4.45. The summed E-state index contributed by atoms with van der Waals surface area (Å²) in [6.07, 6.45) is 4.69. The quantitative estimate of drug-likeness (QED) is 0.781. The lowest BCUT2D eigenvalue weighted by molar-refractivity contribution is 0.00886. The third kappa shape index (κ3) is 3.06. The predicted octanol–water partition coefficient (Wildman–Crippen LogP) is 4.43. The minimum atomic E-state index is -0.293. The number of nitrogens with zero attached hydrogens (tertiary/aromatic N) is 2. The van der Waals surface area contributed by atoms with Gasteiger partial charge in [-0.25, -0.2) is 9.37 Å². The highest BCUT2D eigenvalue weighted by atomic mass is 35.5. The molecule has 1 saturated heterocycles. The van der Waals surface area contributed by atoms with Crippen molar-refractivity contribution in [1.29, 1.82) is 0 Å². The zero-order chi connectivity index (χ0) is 14.8. The van der Waals surface area contributed by atoms with Gasteiger partial charge in [0.1, 0.15) is 11.3 Å². The van der Waals surface area contributed by atoms with Crippen molar-refractivity contribution in [3.63, 3.8) is 0 Å². The van der Waals surface area contributed by atoms with Gasteiger partial charge < -0.3 is 9.30 Å². The highest BCUT2D eigenvalue weighted by Crippen LogP contribution is 2.27. The number of benzene rings is 1. The average Bonchev–Trinajstić information content (AvgIpc) is 2.87. The Labute approximate surface area is 129 Å². The van der Waals surface area contributed by atoms with Gasteiger partial charge in [-0.2, -0.15) is 0 Å². The van der Waals surface area contributed by atoms with Gasteiger partial charge in [-0.05, 0) is 44.7 Å². The van der Waals surface area contributed by atoms with Gasteiger partial charge in [0.25, 0.3) is 0 Å². The fourth-order valence-corrected chi connectivity index (χ4v) is 3.14. The second-order valence-electron chi connectivity index (χ2n) is 5.62. The Morgan fingerprint density at radius 2 is 2.33 bits per heavy atom. The standard InChI is InChI=1S/C16H20ClFN2O/c1-11(17)16-19-15-13(18)6-4-7-14(15)20(16)9-8-12-5-2-3-10-21-12/h4,6-7,11-12H,2-3,5,8-10H2,1H3. The number of aromatic nitrogens is 2. The maximum absolute atomic E-state index is 13.9. The van der Waals surface area contributed by atoms with Crippen LogP contribution in [-0.2, 0) is 11.3 Å². The van der Waals surface area contributed by atoms with E-state index in [9.17, 15) is 4.39 Å². The number of ether oxygens (including phenoxy) is 1. The van der Waals surface area contributed by atoms with Crippen molar-refractivity contribution in [3.8, 4) is 0 Å². The van der Waals surface area contributed by atoms with Gasteiger partial charge in [-0.15, -0.1) is 11.6 Å². The number of hydrogen-bond acceptors (Lipinski definition) is 2. The second-order valence-corrected chi connectivity index (χ2v) is 6.28. The number of para-hydroxylation sites is 1. The van der Waals surface area contributed by atoms with Crippen molar-refractivity contribution in [2.45, 2.75) is 50.6 Å². The fraction of sp³-hybridized carbons (Fsp3) is 0.562. The van der Waals surface area contributed by atoms with Crippen LogP contribution in [0.15, 0.2) is 18.2 Å². The molecule has 0 amide bonds. The zero-order valence-corrected chi connectivity index (χ0v) is 12.9. The normalized spacial score (nSPS) is 20.8. The summed E-state index contributed by atoms with van der Waals surface area (Å²) in [6.45, 7) is 3.48. The van der Waals surface area contributed by atoms with Crippen LogP contribution in [0.4, 0.5) is 4.39 Å². The Hall–Kier alpha value is -1.13. The number of imidazole rings is 1. The first-order valence-corrected chi connectivity index (χ1v) is 8.01. The summed E-state index contributed by atoms with van der Waals surface area (Å²) < 4.78 is 21.7. The molecule has 2 aromatic rings. The molecule has 0 aliphatic carbocycles. The van der Waals surface area contributed by atoms with E-state index >= 15 is 0 Å². The van der Waals surface area contributed by atoms with Crippen LogP contribution in [-0.4, -0.2) is 22.3 Å². The summed E-state index contributed by atoms with van der Waals surface area (Å²) in [6, 6.07) is 5.05. The van der Waals surface area contributed by atoms with Gasteiger partial charge in [-0.1, -0.05) is 6.07 Å². The van der Waals surface area contributed by atoms with Crippen molar-refractivity contribution in [1.82, 2.24) is 9.55 Å². The van der Waals surface area contributed by atoms with E-state index in [4.69, 9.17) is 16.3 Å². The van der Waals surface area contributed by atoms with Crippen molar-refractivity contribution >= 4 is 22.6 Å². The molecule has 2 unspecified atom stereocenters. The molecule has 0 spiro atoms. The van der Waals surface area contributed by atoms with Gasteiger partial charge in [0, 0.05) is 13.2 Å². The SMILES string of the molecule is CC(Cl)c1nc2c(F)cccc2n1CCC1CCCCO1. The summed E-state index contributed by atoms with van der Waals surface area (Å²) >= 11 is 6.22. The van der Waals surface area contributed by atoms with E-state index in [0.29, 0.717) is 11.6 Å². The molecule has 21 heavy (non-hydrogen) atoms. The number of aryl methyl sites for hydroxylation is 1. The molecule has 1 fully saturated rings. The van der Waals surface area contributed by atoms with Crippen LogP contribution >= 0.6 is 11.6 Å². The van der Waals surface area contributed by atoms with Crippen molar-refractivity contribution in [3.05, 3.63) is 29.8 Å². The van der Waals surface area contributed by atoms with Crippen LogP contribution in [0.2, 0.25) is 0 Å². The van der Waals surface area contributed by atoms with Crippen LogP contribution in [0.5, 0.6) is 0 Å². The van der Waals surface area contributed by atoms with E-state index in [0.717, 1.165) is 43.8 Å². The summed E-state index contributed by atoms with van der Waals surface area (Å²) in [4.78, 5) is 4.39. The maximum atomic E-state index is 13.9. The van der Waals surface area contributed by atoms with E-state index in [1.54, 1.807) is 6.07 Å². The van der Waals surface area contributed by atoms with E-state index in [-0.39, 0.29) is 11.2 Å². The highest BCUT2D eigenvalue weighted by molar-refractivity contribution is 6.20. The first-order chi connectivity index (χ1) is 10.2. The average molecular weight is 311 g/mol. The van der Waals surface area contributed by atoms with Crippen LogP contribution in [0.3, 0.4) is 0 Å². The smallest absolute Gasteiger partial charge is 0.151 e. The van der Waals surface area contributed by atoms with Gasteiger partial charge in [0.05, 0.1) is 17.0 Å². The fourth-order valence-electron chi connectivity index (χ4n) is 2.98. The minimum absolute atomic E-state index is 0.246. The second kappa shape index (κ2) is 6.32. The van der Waals surface area contributed by atoms with E-state index in [2.05, 4.69) is 4.98 Å². The van der Waals surface area contributed by atoms with Gasteiger partial charge in [0.2, 0.25) is 0 Å². The number of hydrogen-bond donors (Lipinski definition) is 0. The molecule has 2 heterocycles. The molecular formula is C16H20ClFN2O. The molecule has 0 bridgehead atoms. The van der Waals surface area contributed by atoms with Crippen molar-refractivity contribution in [2.75, 3.05) is 6.61 Å².